The third kappa shape index (κ3) is 3.75. The molecule has 0 saturated carbocycles. The lowest BCUT2D eigenvalue weighted by Gasteiger charge is -2.45. The lowest BCUT2D eigenvalue weighted by molar-refractivity contribution is -0.0175. The maximum atomic E-state index is 15.0. The van der Waals surface area contributed by atoms with Gasteiger partial charge in [0, 0.05) is 37.5 Å². The summed E-state index contributed by atoms with van der Waals surface area (Å²) in [5.74, 6) is 0.718. The average molecular weight is 424 g/mol. The number of rotatable bonds is 4. The van der Waals surface area contributed by atoms with Gasteiger partial charge < -0.3 is 20.1 Å². The highest BCUT2D eigenvalue weighted by molar-refractivity contribution is 5.73. The van der Waals surface area contributed by atoms with Crippen molar-refractivity contribution in [1.29, 1.82) is 0 Å². The molecule has 4 heterocycles. The number of aryl methyl sites for hydroxylation is 1. The van der Waals surface area contributed by atoms with Crippen LogP contribution in [0, 0.1) is 0 Å². The Balaban J connectivity index is 1.35. The summed E-state index contributed by atoms with van der Waals surface area (Å²) >= 11 is 0. The Labute approximate surface area is 179 Å². The van der Waals surface area contributed by atoms with Gasteiger partial charge in [-0.1, -0.05) is 6.07 Å². The number of alkyl halides is 1. The number of ether oxygens (including phenoxy) is 1. The van der Waals surface area contributed by atoms with E-state index in [1.54, 1.807) is 29.3 Å². The van der Waals surface area contributed by atoms with Gasteiger partial charge in [0.1, 0.15) is 17.7 Å². The van der Waals surface area contributed by atoms with Crippen LogP contribution in [0.4, 0.5) is 10.2 Å². The van der Waals surface area contributed by atoms with E-state index in [4.69, 9.17) is 4.74 Å². The Hall–Kier alpha value is -3.04. The summed E-state index contributed by atoms with van der Waals surface area (Å²) < 4.78 is 22.2. The molecule has 0 radical (unpaired) electrons. The third-order valence-electron chi connectivity index (χ3n) is 6.15. The first-order valence-corrected chi connectivity index (χ1v) is 10.3. The predicted octanol–water partition coefficient (Wildman–Crippen LogP) is 2.15. The quantitative estimate of drug-likeness (QED) is 0.664. The Morgan fingerprint density at radius 2 is 2.06 bits per heavy atom. The number of aromatic nitrogens is 4. The normalized spacial score (nSPS) is 25.4. The second kappa shape index (κ2) is 7.90. The summed E-state index contributed by atoms with van der Waals surface area (Å²) in [6.07, 6.45) is 6.48. The van der Waals surface area contributed by atoms with Gasteiger partial charge in [0.05, 0.1) is 49.6 Å². The largest absolute Gasteiger partial charge is 0.507 e. The Morgan fingerprint density at radius 3 is 2.77 bits per heavy atom. The van der Waals surface area contributed by atoms with Crippen LogP contribution in [0.3, 0.4) is 0 Å². The molecule has 0 spiro atoms. The van der Waals surface area contributed by atoms with Crippen LogP contribution in [0.2, 0.25) is 0 Å². The number of nitrogens with one attached hydrogen (secondary N) is 1. The van der Waals surface area contributed by atoms with Crippen molar-refractivity contribution < 1.29 is 14.2 Å². The number of anilines is 1. The lowest BCUT2D eigenvalue weighted by Crippen LogP contribution is -2.65. The summed E-state index contributed by atoms with van der Waals surface area (Å²) in [4.78, 5) is 10.9. The van der Waals surface area contributed by atoms with Gasteiger partial charge in [-0.3, -0.25) is 9.67 Å². The Kier molecular flexibility index (Phi) is 5.07. The minimum absolute atomic E-state index is 0.117. The number of nitrogens with zero attached hydrogens (tertiary/aromatic N) is 5. The van der Waals surface area contributed by atoms with E-state index in [2.05, 4.69) is 20.4 Å². The molecule has 2 aliphatic heterocycles. The molecule has 0 amide bonds. The number of morpholine rings is 1. The number of phenolic OH excluding ortho intramolecular Hbond substituents is 1. The van der Waals surface area contributed by atoms with Crippen LogP contribution in [0.5, 0.6) is 5.75 Å². The van der Waals surface area contributed by atoms with Crippen molar-refractivity contribution in [3.8, 4) is 28.1 Å². The number of fused-ring (bicyclic) bond motifs is 2. The average Bonchev–Trinajstić information content (AvgIpc) is 3.22. The highest BCUT2D eigenvalue weighted by Gasteiger charge is 2.42. The molecule has 162 valence electrons. The molecule has 0 aliphatic carbocycles. The number of hydrogen-bond donors (Lipinski definition) is 2. The molecule has 1 aromatic carbocycles. The second-order valence-electron chi connectivity index (χ2n) is 8.26. The zero-order valence-corrected chi connectivity index (χ0v) is 17.4. The van der Waals surface area contributed by atoms with Crippen molar-refractivity contribution in [2.75, 3.05) is 25.2 Å². The molecule has 2 bridgehead atoms. The summed E-state index contributed by atoms with van der Waals surface area (Å²) in [6.45, 7) is 0.993. The molecule has 2 saturated heterocycles. The van der Waals surface area contributed by atoms with Gasteiger partial charge in [-0.25, -0.2) is 9.37 Å². The van der Waals surface area contributed by atoms with Crippen LogP contribution in [0.1, 0.15) is 6.42 Å². The molecule has 9 heteroatoms. The van der Waals surface area contributed by atoms with Crippen LogP contribution in [-0.2, 0) is 11.8 Å². The first-order valence-electron chi connectivity index (χ1n) is 10.3. The highest BCUT2D eigenvalue weighted by atomic mass is 19.1. The molecule has 31 heavy (non-hydrogen) atoms. The summed E-state index contributed by atoms with van der Waals surface area (Å²) in [7, 11) is 3.70. The number of piperidine rings is 1. The SMILES string of the molecule is CN(c1cnc(-c2ccc(-c3cnn(C)c3)cc2O)cn1)[C@H]1CC2COCC(N2)[C@H]1F. The molecule has 2 aliphatic rings. The number of hydrogen-bond acceptors (Lipinski definition) is 7. The molecule has 4 atom stereocenters. The van der Waals surface area contributed by atoms with E-state index in [1.165, 1.54) is 0 Å². The number of aromatic hydroxyl groups is 1. The van der Waals surface area contributed by atoms with Gasteiger partial charge in [0.15, 0.2) is 0 Å². The summed E-state index contributed by atoms with van der Waals surface area (Å²) in [5, 5.41) is 18.0. The number of benzene rings is 1. The number of halogens is 1. The fourth-order valence-corrected chi connectivity index (χ4v) is 4.43. The lowest BCUT2D eigenvalue weighted by atomic mass is 9.90. The molecule has 3 aromatic rings. The van der Waals surface area contributed by atoms with Crippen LogP contribution in [-0.4, -0.2) is 69.4 Å². The maximum absolute atomic E-state index is 15.0. The molecule has 2 unspecified atom stereocenters. The fourth-order valence-electron chi connectivity index (χ4n) is 4.43. The summed E-state index contributed by atoms with van der Waals surface area (Å²) in [6, 6.07) is 5.00. The number of phenols is 1. The monoisotopic (exact) mass is 424 g/mol. The van der Waals surface area contributed by atoms with Crippen LogP contribution in [0.25, 0.3) is 22.4 Å². The maximum Gasteiger partial charge on any atom is 0.147 e. The van der Waals surface area contributed by atoms with Crippen molar-refractivity contribution in [2.24, 2.45) is 7.05 Å². The van der Waals surface area contributed by atoms with Crippen molar-refractivity contribution in [3.05, 3.63) is 43.0 Å². The van der Waals surface area contributed by atoms with Crippen LogP contribution >= 0.6 is 0 Å². The van der Waals surface area contributed by atoms with Crippen molar-refractivity contribution in [1.82, 2.24) is 25.1 Å². The molecule has 8 nitrogen and oxygen atoms in total. The van der Waals surface area contributed by atoms with E-state index >= 15 is 0 Å². The van der Waals surface area contributed by atoms with E-state index in [0.29, 0.717) is 36.7 Å². The Morgan fingerprint density at radius 1 is 1.19 bits per heavy atom. The minimum atomic E-state index is -1.05. The van der Waals surface area contributed by atoms with E-state index in [9.17, 15) is 9.50 Å². The predicted molar refractivity (Wildman–Crippen MR) is 115 cm³/mol. The van der Waals surface area contributed by atoms with Crippen molar-refractivity contribution in [3.63, 3.8) is 0 Å². The van der Waals surface area contributed by atoms with Gasteiger partial charge in [0.25, 0.3) is 0 Å². The van der Waals surface area contributed by atoms with Gasteiger partial charge in [-0.2, -0.15) is 5.10 Å². The molecule has 5 rings (SSSR count). The van der Waals surface area contributed by atoms with Gasteiger partial charge >= 0.3 is 0 Å². The third-order valence-corrected chi connectivity index (χ3v) is 6.15. The molecular formula is C22H25FN6O2. The molecule has 2 aromatic heterocycles. The van der Waals surface area contributed by atoms with Gasteiger partial charge in [-0.05, 0) is 24.1 Å². The minimum Gasteiger partial charge on any atom is -0.507 e. The first kappa shape index (κ1) is 19.9. The van der Waals surface area contributed by atoms with Crippen LogP contribution in [0.15, 0.2) is 43.0 Å². The first-order chi connectivity index (χ1) is 15.0. The fraction of sp³-hybridized carbons (Fsp3) is 0.409. The van der Waals surface area contributed by atoms with Crippen molar-refractivity contribution >= 4 is 5.82 Å². The van der Waals surface area contributed by atoms with E-state index in [1.807, 2.05) is 37.3 Å². The molecule has 2 N–H and O–H groups in total. The van der Waals surface area contributed by atoms with Gasteiger partial charge in [0.2, 0.25) is 0 Å². The topological polar surface area (TPSA) is 88.3 Å². The van der Waals surface area contributed by atoms with Crippen molar-refractivity contribution in [2.45, 2.75) is 30.7 Å². The zero-order chi connectivity index (χ0) is 21.5. The van der Waals surface area contributed by atoms with E-state index in [0.717, 1.165) is 11.1 Å². The highest BCUT2D eigenvalue weighted by Crippen LogP contribution is 2.33. The molecule has 2 fully saturated rings. The van der Waals surface area contributed by atoms with Crippen LogP contribution < -0.4 is 10.2 Å². The summed E-state index contributed by atoms with van der Waals surface area (Å²) in [5.41, 5.74) is 2.93. The zero-order valence-electron chi connectivity index (χ0n) is 17.4. The Bertz CT molecular complexity index is 1070. The smallest absolute Gasteiger partial charge is 0.147 e. The molecular weight excluding hydrogens is 399 g/mol. The van der Waals surface area contributed by atoms with E-state index in [-0.39, 0.29) is 23.9 Å². The standard InChI is InChI=1S/C22H25FN6O2/c1-28-10-14(7-26-28)13-3-4-16(20(30)5-13)17-8-25-21(9-24-17)29(2)19-6-15-11-31-12-18(27-15)22(19)23/h3-5,7-10,15,18-19,22,27,30H,6,11-12H2,1-2H3/t15?,18?,19-,22+/m0/s1. The van der Waals surface area contributed by atoms with E-state index < -0.39 is 6.17 Å². The second-order valence-corrected chi connectivity index (χ2v) is 8.26. The van der Waals surface area contributed by atoms with Gasteiger partial charge in [-0.15, -0.1) is 0 Å².